The van der Waals surface area contributed by atoms with E-state index in [-0.39, 0.29) is 0 Å². The van der Waals surface area contributed by atoms with Crippen molar-refractivity contribution in [3.63, 3.8) is 0 Å². The molecule has 0 spiro atoms. The van der Waals surface area contributed by atoms with E-state index in [2.05, 4.69) is 52.9 Å². The Bertz CT molecular complexity index is 436. The fourth-order valence-electron chi connectivity index (χ4n) is 2.82. The maximum Gasteiger partial charge on any atom is 0.144 e. The molecular formula is C15H27N5. The van der Waals surface area contributed by atoms with Crippen molar-refractivity contribution >= 4 is 5.82 Å². The fraction of sp³-hybridized carbons (Fsp3) is 0.733. The number of aryl methyl sites for hydroxylation is 1. The van der Waals surface area contributed by atoms with E-state index >= 15 is 0 Å². The van der Waals surface area contributed by atoms with Crippen LogP contribution in [0.2, 0.25) is 0 Å². The average Bonchev–Trinajstić information content (AvgIpc) is 2.35. The van der Waals surface area contributed by atoms with Crippen LogP contribution in [0.1, 0.15) is 32.3 Å². The summed E-state index contributed by atoms with van der Waals surface area (Å²) in [5, 5.41) is 3.27. The molecule has 5 nitrogen and oxygen atoms in total. The van der Waals surface area contributed by atoms with E-state index in [1.807, 2.05) is 13.0 Å². The van der Waals surface area contributed by atoms with Gasteiger partial charge in [0.2, 0.25) is 0 Å². The third-order valence-electron chi connectivity index (χ3n) is 4.06. The number of rotatable bonds is 4. The van der Waals surface area contributed by atoms with Crippen LogP contribution in [0.25, 0.3) is 0 Å². The molecule has 2 rings (SSSR count). The van der Waals surface area contributed by atoms with Gasteiger partial charge in [0.1, 0.15) is 11.6 Å². The van der Waals surface area contributed by atoms with Crippen LogP contribution in [0.5, 0.6) is 0 Å². The molecule has 1 fully saturated rings. The Morgan fingerprint density at radius 1 is 1.25 bits per heavy atom. The maximum absolute atomic E-state index is 4.61. The highest BCUT2D eigenvalue weighted by Gasteiger charge is 2.26. The molecule has 0 aromatic carbocycles. The van der Waals surface area contributed by atoms with Crippen LogP contribution in [0.4, 0.5) is 5.82 Å². The van der Waals surface area contributed by atoms with Gasteiger partial charge in [0.25, 0.3) is 0 Å². The summed E-state index contributed by atoms with van der Waals surface area (Å²) in [5.74, 6) is 1.86. The zero-order chi connectivity index (χ0) is 14.7. The Hall–Kier alpha value is -1.20. The van der Waals surface area contributed by atoms with Crippen molar-refractivity contribution in [2.24, 2.45) is 0 Å². The van der Waals surface area contributed by atoms with Crippen molar-refractivity contribution in [1.82, 2.24) is 19.8 Å². The van der Waals surface area contributed by atoms with Gasteiger partial charge in [-0.3, -0.25) is 9.80 Å². The Morgan fingerprint density at radius 2 is 1.90 bits per heavy atom. The smallest absolute Gasteiger partial charge is 0.144 e. The van der Waals surface area contributed by atoms with Crippen LogP contribution in [0.3, 0.4) is 0 Å². The lowest BCUT2D eigenvalue weighted by Crippen LogP contribution is -2.54. The van der Waals surface area contributed by atoms with Gasteiger partial charge >= 0.3 is 0 Å². The van der Waals surface area contributed by atoms with Crippen molar-refractivity contribution in [3.8, 4) is 0 Å². The first kappa shape index (κ1) is 15.2. The second-order valence-electron chi connectivity index (χ2n) is 5.90. The molecule has 1 aromatic rings. The van der Waals surface area contributed by atoms with Crippen molar-refractivity contribution in [2.75, 3.05) is 32.0 Å². The van der Waals surface area contributed by atoms with Crippen molar-refractivity contribution in [1.29, 1.82) is 0 Å². The van der Waals surface area contributed by atoms with E-state index in [0.29, 0.717) is 12.1 Å². The van der Waals surface area contributed by atoms with Gasteiger partial charge in [0.15, 0.2) is 0 Å². The lowest BCUT2D eigenvalue weighted by Gasteiger charge is -2.42. The number of aromatic nitrogens is 2. The molecule has 112 valence electrons. The van der Waals surface area contributed by atoms with Crippen LogP contribution in [0, 0.1) is 6.92 Å². The highest BCUT2D eigenvalue weighted by Crippen LogP contribution is 2.15. The van der Waals surface area contributed by atoms with E-state index in [9.17, 15) is 0 Å². The van der Waals surface area contributed by atoms with Gasteiger partial charge in [-0.25, -0.2) is 9.97 Å². The molecule has 1 aromatic heterocycles. The van der Waals surface area contributed by atoms with E-state index in [1.165, 1.54) is 0 Å². The first-order valence-corrected chi connectivity index (χ1v) is 7.52. The van der Waals surface area contributed by atoms with Crippen molar-refractivity contribution in [3.05, 3.63) is 17.6 Å². The molecule has 0 aliphatic carbocycles. The minimum absolute atomic E-state index is 0.580. The number of hydrogen-bond donors (Lipinski definition) is 1. The number of nitrogens with one attached hydrogen (secondary N) is 1. The van der Waals surface area contributed by atoms with Gasteiger partial charge in [0.05, 0.1) is 6.54 Å². The maximum atomic E-state index is 4.61. The van der Waals surface area contributed by atoms with Crippen LogP contribution < -0.4 is 5.32 Å². The quantitative estimate of drug-likeness (QED) is 0.908. The van der Waals surface area contributed by atoms with Gasteiger partial charge in [0, 0.05) is 43.5 Å². The van der Waals surface area contributed by atoms with E-state index in [0.717, 1.165) is 43.5 Å². The van der Waals surface area contributed by atoms with Crippen LogP contribution in [-0.2, 0) is 6.54 Å². The molecule has 1 saturated heterocycles. The van der Waals surface area contributed by atoms with Crippen molar-refractivity contribution in [2.45, 2.75) is 46.3 Å². The highest BCUT2D eigenvalue weighted by atomic mass is 15.3. The zero-order valence-corrected chi connectivity index (χ0v) is 13.3. The number of nitrogens with zero attached hydrogens (tertiary/aromatic N) is 4. The molecule has 0 bridgehead atoms. The molecule has 1 N–H and O–H groups in total. The van der Waals surface area contributed by atoms with Gasteiger partial charge in [-0.1, -0.05) is 0 Å². The predicted molar refractivity (Wildman–Crippen MR) is 82.9 cm³/mol. The van der Waals surface area contributed by atoms with Crippen LogP contribution >= 0.6 is 0 Å². The molecule has 5 heteroatoms. The number of anilines is 1. The molecule has 1 aliphatic rings. The third kappa shape index (κ3) is 3.67. The number of hydrogen-bond acceptors (Lipinski definition) is 5. The molecule has 2 heterocycles. The molecule has 0 radical (unpaired) electrons. The summed E-state index contributed by atoms with van der Waals surface area (Å²) in [6, 6.07) is 3.16. The zero-order valence-electron chi connectivity index (χ0n) is 13.3. The van der Waals surface area contributed by atoms with Gasteiger partial charge in [-0.15, -0.1) is 0 Å². The standard InChI is InChI=1S/C15H27N5/c1-6-16-14-7-11(2)17-15(18-14)10-20-8-12(3)19(5)13(4)9-20/h7,12-13H,6,8-10H2,1-5H3,(H,16,17,18). The lowest BCUT2D eigenvalue weighted by atomic mass is 10.1. The first-order chi connectivity index (χ1) is 9.49. The summed E-state index contributed by atoms with van der Waals surface area (Å²) in [4.78, 5) is 14.1. The van der Waals surface area contributed by atoms with Gasteiger partial charge in [-0.2, -0.15) is 0 Å². The lowest BCUT2D eigenvalue weighted by molar-refractivity contribution is 0.0541. The normalized spacial score (nSPS) is 24.9. The fourth-order valence-corrected chi connectivity index (χ4v) is 2.82. The summed E-state index contributed by atoms with van der Waals surface area (Å²) in [5.41, 5.74) is 1.03. The van der Waals surface area contributed by atoms with E-state index < -0.39 is 0 Å². The first-order valence-electron chi connectivity index (χ1n) is 7.52. The summed E-state index contributed by atoms with van der Waals surface area (Å²) in [6.07, 6.45) is 0. The largest absolute Gasteiger partial charge is 0.370 e. The van der Waals surface area contributed by atoms with Gasteiger partial charge in [-0.05, 0) is 34.7 Å². The van der Waals surface area contributed by atoms with Crippen LogP contribution in [0.15, 0.2) is 6.07 Å². The van der Waals surface area contributed by atoms with Crippen molar-refractivity contribution < 1.29 is 0 Å². The molecule has 0 saturated carbocycles. The average molecular weight is 277 g/mol. The van der Waals surface area contributed by atoms with E-state index in [1.54, 1.807) is 0 Å². The Morgan fingerprint density at radius 3 is 2.50 bits per heavy atom. The molecular weight excluding hydrogens is 250 g/mol. The monoisotopic (exact) mass is 277 g/mol. The Labute approximate surface area is 122 Å². The molecule has 2 unspecified atom stereocenters. The second kappa shape index (κ2) is 6.50. The molecule has 20 heavy (non-hydrogen) atoms. The molecule has 0 amide bonds. The third-order valence-corrected chi connectivity index (χ3v) is 4.06. The topological polar surface area (TPSA) is 44.3 Å². The predicted octanol–water partition coefficient (Wildman–Crippen LogP) is 1.74. The van der Waals surface area contributed by atoms with E-state index in [4.69, 9.17) is 0 Å². The molecule has 1 aliphatic heterocycles. The number of piperazine rings is 1. The number of likely N-dealkylation sites (N-methyl/N-ethyl adjacent to an activating group) is 1. The Balaban J connectivity index is 2.06. The minimum atomic E-state index is 0.580. The summed E-state index contributed by atoms with van der Waals surface area (Å²) in [6.45, 7) is 12.6. The highest BCUT2D eigenvalue weighted by molar-refractivity contribution is 5.35. The minimum Gasteiger partial charge on any atom is -0.370 e. The molecule has 2 atom stereocenters. The summed E-state index contributed by atoms with van der Waals surface area (Å²) < 4.78 is 0. The SMILES string of the molecule is CCNc1cc(C)nc(CN2CC(C)N(C)C(C)C2)n1. The Kier molecular flexibility index (Phi) is 4.94. The summed E-state index contributed by atoms with van der Waals surface area (Å²) in [7, 11) is 2.21. The van der Waals surface area contributed by atoms with Crippen LogP contribution in [-0.4, -0.2) is 58.5 Å². The second-order valence-corrected chi connectivity index (χ2v) is 5.90. The van der Waals surface area contributed by atoms with Gasteiger partial charge < -0.3 is 5.32 Å². The summed E-state index contributed by atoms with van der Waals surface area (Å²) >= 11 is 0.